The highest BCUT2D eigenvalue weighted by Crippen LogP contribution is 2.22. The van der Waals surface area contributed by atoms with Gasteiger partial charge in [-0.2, -0.15) is 5.10 Å². The third-order valence-corrected chi connectivity index (χ3v) is 4.08. The summed E-state index contributed by atoms with van der Waals surface area (Å²) in [5, 5.41) is 18.4. The fourth-order valence-electron chi connectivity index (χ4n) is 2.02. The Kier molecular flexibility index (Phi) is 5.69. The number of thioether (sulfide) groups is 1. The molecule has 9 heteroatoms. The number of hydrogen-bond donors (Lipinski definition) is 2. The Morgan fingerprint density at radius 3 is 2.83 bits per heavy atom. The van der Waals surface area contributed by atoms with Crippen molar-refractivity contribution in [3.05, 3.63) is 34.9 Å². The lowest BCUT2D eigenvalue weighted by Gasteiger charge is -2.02. The van der Waals surface area contributed by atoms with E-state index in [2.05, 4.69) is 20.3 Å². The first-order chi connectivity index (χ1) is 11.4. The molecule has 2 rings (SSSR count). The maximum Gasteiger partial charge on any atom is 0.337 e. The molecular weight excluding hydrogens is 334 g/mol. The molecule has 1 aliphatic rings. The molecule has 0 bridgehead atoms. The van der Waals surface area contributed by atoms with Crippen LogP contribution in [0.3, 0.4) is 0 Å². The van der Waals surface area contributed by atoms with Crippen LogP contribution in [0.15, 0.2) is 28.4 Å². The first kappa shape index (κ1) is 17.7. The van der Waals surface area contributed by atoms with Crippen molar-refractivity contribution in [3.8, 4) is 0 Å². The highest BCUT2D eigenvalue weighted by Gasteiger charge is 2.32. The number of carboxylic acid groups (broad SMARTS) is 1. The molecule has 24 heavy (non-hydrogen) atoms. The quantitative estimate of drug-likeness (QED) is 0.468. The summed E-state index contributed by atoms with van der Waals surface area (Å²) in [6.07, 6.45) is 1.16. The van der Waals surface area contributed by atoms with Gasteiger partial charge in [0.15, 0.2) is 5.17 Å². The fourth-order valence-corrected chi connectivity index (χ4v) is 2.93. The normalized spacial score (nSPS) is 18.8. The smallest absolute Gasteiger partial charge is 0.337 e. The zero-order valence-electron chi connectivity index (χ0n) is 13.0. The monoisotopic (exact) mass is 349 g/mol. The van der Waals surface area contributed by atoms with Gasteiger partial charge in [0.25, 0.3) is 0 Å². The lowest BCUT2D eigenvalue weighted by atomic mass is 10.1. The van der Waals surface area contributed by atoms with E-state index in [0.717, 1.165) is 17.3 Å². The van der Waals surface area contributed by atoms with E-state index in [0.29, 0.717) is 11.1 Å². The van der Waals surface area contributed by atoms with Gasteiger partial charge < -0.3 is 15.2 Å². The van der Waals surface area contributed by atoms with Gasteiger partial charge in [-0.25, -0.2) is 4.79 Å². The number of amidine groups is 1. The zero-order valence-corrected chi connectivity index (χ0v) is 13.8. The molecular formula is C15H15N3O5S. The van der Waals surface area contributed by atoms with Gasteiger partial charge in [-0.1, -0.05) is 17.8 Å². The number of carbonyl (C=O) groups is 3. The summed E-state index contributed by atoms with van der Waals surface area (Å²) >= 11 is 1.02. The van der Waals surface area contributed by atoms with E-state index in [-0.39, 0.29) is 11.6 Å². The summed E-state index contributed by atoms with van der Waals surface area (Å²) < 4.78 is 4.68. The maximum atomic E-state index is 11.6. The molecule has 0 saturated carbocycles. The number of aliphatic carboxylic acids is 1. The van der Waals surface area contributed by atoms with Crippen molar-refractivity contribution in [2.75, 3.05) is 7.11 Å². The molecule has 1 atom stereocenters. The zero-order chi connectivity index (χ0) is 17.7. The second kappa shape index (κ2) is 7.73. The number of carboxylic acids is 1. The van der Waals surface area contributed by atoms with Gasteiger partial charge in [-0.15, -0.1) is 5.10 Å². The van der Waals surface area contributed by atoms with Gasteiger partial charge in [-0.05, 0) is 30.2 Å². The molecule has 1 aliphatic heterocycles. The van der Waals surface area contributed by atoms with Crippen LogP contribution in [0.2, 0.25) is 0 Å². The third-order valence-electron chi connectivity index (χ3n) is 3.01. The van der Waals surface area contributed by atoms with Gasteiger partial charge >= 0.3 is 11.9 Å². The van der Waals surface area contributed by atoms with E-state index in [9.17, 15) is 14.4 Å². The summed E-state index contributed by atoms with van der Waals surface area (Å²) in [7, 11) is 1.30. The Labute approximate surface area is 142 Å². The summed E-state index contributed by atoms with van der Waals surface area (Å²) in [5.41, 5.74) is 1.91. The van der Waals surface area contributed by atoms with E-state index < -0.39 is 23.1 Å². The molecule has 126 valence electrons. The van der Waals surface area contributed by atoms with Gasteiger partial charge in [0.2, 0.25) is 5.91 Å². The topological polar surface area (TPSA) is 117 Å². The van der Waals surface area contributed by atoms with Crippen molar-refractivity contribution < 1.29 is 24.2 Å². The Hall–Kier alpha value is -2.68. The number of esters is 1. The van der Waals surface area contributed by atoms with E-state index in [4.69, 9.17) is 5.11 Å². The van der Waals surface area contributed by atoms with Crippen molar-refractivity contribution in [1.82, 2.24) is 5.32 Å². The molecule has 1 aromatic carbocycles. The van der Waals surface area contributed by atoms with Crippen LogP contribution in [-0.4, -0.2) is 46.7 Å². The van der Waals surface area contributed by atoms with Crippen LogP contribution in [0.4, 0.5) is 0 Å². The Morgan fingerprint density at radius 1 is 1.42 bits per heavy atom. The molecule has 0 spiro atoms. The number of rotatable bonds is 5. The van der Waals surface area contributed by atoms with E-state index in [1.807, 2.05) is 13.0 Å². The lowest BCUT2D eigenvalue weighted by Crippen LogP contribution is -2.26. The van der Waals surface area contributed by atoms with E-state index >= 15 is 0 Å². The number of nitrogens with zero attached hydrogens (tertiary/aromatic N) is 2. The highest BCUT2D eigenvalue weighted by molar-refractivity contribution is 8.15. The molecule has 0 aliphatic carbocycles. The van der Waals surface area contributed by atoms with Crippen LogP contribution in [0.1, 0.15) is 27.9 Å². The summed E-state index contributed by atoms with van der Waals surface area (Å²) in [6.45, 7) is 1.83. The van der Waals surface area contributed by atoms with Crippen molar-refractivity contribution in [1.29, 1.82) is 0 Å². The summed E-state index contributed by atoms with van der Waals surface area (Å²) in [4.78, 5) is 33.8. The number of aryl methyl sites for hydroxylation is 1. The molecule has 1 unspecified atom stereocenters. The first-order valence-corrected chi connectivity index (χ1v) is 7.77. The van der Waals surface area contributed by atoms with Crippen LogP contribution in [0.5, 0.6) is 0 Å². The maximum absolute atomic E-state index is 11.6. The largest absolute Gasteiger partial charge is 0.481 e. The van der Waals surface area contributed by atoms with Crippen LogP contribution in [0.25, 0.3) is 0 Å². The second-order valence-corrected chi connectivity index (χ2v) is 6.16. The van der Waals surface area contributed by atoms with Crippen LogP contribution in [-0.2, 0) is 14.3 Å². The number of hydrogen-bond acceptors (Lipinski definition) is 7. The number of carbonyl (C=O) groups excluding carboxylic acids is 2. The minimum absolute atomic E-state index is 0.239. The summed E-state index contributed by atoms with van der Waals surface area (Å²) in [6, 6.07) is 5.11. The van der Waals surface area contributed by atoms with Gasteiger partial charge in [0, 0.05) is 0 Å². The predicted molar refractivity (Wildman–Crippen MR) is 89.3 cm³/mol. The molecule has 0 aromatic heterocycles. The number of ether oxygens (including phenoxy) is 1. The molecule has 8 nitrogen and oxygen atoms in total. The molecule has 2 N–H and O–H groups in total. The first-order valence-electron chi connectivity index (χ1n) is 6.89. The molecule has 1 amide bonds. The Bertz CT molecular complexity index is 745. The molecule has 1 fully saturated rings. The van der Waals surface area contributed by atoms with Crippen molar-refractivity contribution >= 4 is 41.0 Å². The minimum atomic E-state index is -1.05. The molecule has 0 radical (unpaired) electrons. The van der Waals surface area contributed by atoms with Gasteiger partial charge in [0.05, 0.1) is 25.3 Å². The average molecular weight is 349 g/mol. The third kappa shape index (κ3) is 4.66. The highest BCUT2D eigenvalue weighted by atomic mass is 32.2. The van der Waals surface area contributed by atoms with Crippen molar-refractivity contribution in [2.24, 2.45) is 10.2 Å². The van der Waals surface area contributed by atoms with E-state index in [1.54, 1.807) is 12.1 Å². The Morgan fingerprint density at radius 2 is 2.17 bits per heavy atom. The van der Waals surface area contributed by atoms with Crippen LogP contribution in [0, 0.1) is 6.92 Å². The van der Waals surface area contributed by atoms with Crippen LogP contribution >= 0.6 is 11.8 Å². The van der Waals surface area contributed by atoms with Gasteiger partial charge in [0.1, 0.15) is 5.25 Å². The SMILES string of the molecule is COC(=O)c1cc(C)cc(C=NN=C2NC(=O)C(CC(=O)O)S2)c1. The predicted octanol–water partition coefficient (Wildman–Crippen LogP) is 1.18. The van der Waals surface area contributed by atoms with Gasteiger partial charge in [-0.3, -0.25) is 9.59 Å². The lowest BCUT2D eigenvalue weighted by molar-refractivity contribution is -0.138. The number of amides is 1. The number of methoxy groups -OCH3 is 1. The Balaban J connectivity index is 2.09. The molecule has 1 aromatic rings. The molecule has 1 heterocycles. The van der Waals surface area contributed by atoms with Crippen LogP contribution < -0.4 is 5.32 Å². The fraction of sp³-hybridized carbons (Fsp3) is 0.267. The molecule has 1 saturated heterocycles. The standard InChI is InChI=1S/C15H15N3O5S/c1-8-3-9(5-10(4-8)14(22)23-2)7-16-18-15-17-13(21)11(24-15)6-12(19)20/h3-5,7,11H,6H2,1-2H3,(H,19,20)(H,17,18,21). The number of benzene rings is 1. The van der Waals surface area contributed by atoms with Crippen molar-refractivity contribution in [3.63, 3.8) is 0 Å². The minimum Gasteiger partial charge on any atom is -0.481 e. The number of nitrogens with one attached hydrogen (secondary N) is 1. The average Bonchev–Trinajstić information content (AvgIpc) is 2.85. The van der Waals surface area contributed by atoms with E-state index in [1.165, 1.54) is 13.3 Å². The van der Waals surface area contributed by atoms with Crippen molar-refractivity contribution in [2.45, 2.75) is 18.6 Å². The second-order valence-electron chi connectivity index (χ2n) is 4.97. The summed E-state index contributed by atoms with van der Waals surface area (Å²) in [5.74, 6) is -1.91.